The molecule has 82 valence electrons. The van der Waals surface area contributed by atoms with E-state index in [2.05, 4.69) is 41.6 Å². The van der Waals surface area contributed by atoms with E-state index in [1.54, 1.807) is 0 Å². The second-order valence-corrected chi connectivity index (χ2v) is 4.42. The number of aryl methyl sites for hydroxylation is 1. The molecule has 0 radical (unpaired) electrons. The SMILES string of the molecule is COC(=O)c1cc(Br)c(=O)[nH]c1CCBr. The Hall–Kier alpha value is -0.620. The van der Waals surface area contributed by atoms with Gasteiger partial charge in [-0.05, 0) is 28.4 Å². The van der Waals surface area contributed by atoms with Crippen molar-refractivity contribution < 1.29 is 9.53 Å². The summed E-state index contributed by atoms with van der Waals surface area (Å²) in [7, 11) is 1.30. The molecule has 0 aliphatic rings. The molecule has 4 nitrogen and oxygen atoms in total. The number of halogens is 2. The van der Waals surface area contributed by atoms with E-state index < -0.39 is 5.97 Å². The van der Waals surface area contributed by atoms with E-state index in [0.717, 1.165) is 0 Å². The van der Waals surface area contributed by atoms with Crippen LogP contribution in [0.3, 0.4) is 0 Å². The number of nitrogens with one attached hydrogen (secondary N) is 1. The van der Waals surface area contributed by atoms with Gasteiger partial charge in [0.25, 0.3) is 5.56 Å². The zero-order chi connectivity index (χ0) is 11.4. The number of carbonyl (C=O) groups is 1. The van der Waals surface area contributed by atoms with Crippen LogP contribution in [0.4, 0.5) is 0 Å². The number of carbonyl (C=O) groups excluding carboxylic acids is 1. The fraction of sp³-hybridized carbons (Fsp3) is 0.333. The molecule has 0 saturated carbocycles. The Balaban J connectivity index is 3.27. The van der Waals surface area contributed by atoms with Crippen LogP contribution in [0, 0.1) is 0 Å². The van der Waals surface area contributed by atoms with Crippen LogP contribution in [0.5, 0.6) is 0 Å². The number of aromatic nitrogens is 1. The molecule has 0 aliphatic carbocycles. The summed E-state index contributed by atoms with van der Waals surface area (Å²) in [5, 5.41) is 0.661. The minimum Gasteiger partial charge on any atom is -0.465 e. The summed E-state index contributed by atoms with van der Waals surface area (Å²) in [5.74, 6) is -0.456. The van der Waals surface area contributed by atoms with Gasteiger partial charge in [-0.15, -0.1) is 0 Å². The molecule has 1 aromatic heterocycles. The third kappa shape index (κ3) is 2.92. The summed E-state index contributed by atoms with van der Waals surface area (Å²) < 4.78 is 4.94. The molecular formula is C9H9Br2NO3. The van der Waals surface area contributed by atoms with Gasteiger partial charge in [-0.3, -0.25) is 4.79 Å². The molecule has 0 bridgehead atoms. The topological polar surface area (TPSA) is 59.2 Å². The van der Waals surface area contributed by atoms with Crippen LogP contribution >= 0.6 is 31.9 Å². The Kier molecular flexibility index (Phi) is 4.53. The highest BCUT2D eigenvalue weighted by Gasteiger charge is 2.14. The summed E-state index contributed by atoms with van der Waals surface area (Å²) in [4.78, 5) is 25.3. The molecule has 0 saturated heterocycles. The Morgan fingerprint density at radius 1 is 1.60 bits per heavy atom. The number of aromatic amines is 1. The van der Waals surface area contributed by atoms with Crippen LogP contribution in [0.1, 0.15) is 16.1 Å². The summed E-state index contributed by atoms with van der Waals surface area (Å²) in [6.07, 6.45) is 0.562. The van der Waals surface area contributed by atoms with E-state index in [0.29, 0.717) is 27.5 Å². The number of rotatable bonds is 3. The lowest BCUT2D eigenvalue weighted by atomic mass is 10.1. The van der Waals surface area contributed by atoms with E-state index in [1.807, 2.05) is 0 Å². The highest BCUT2D eigenvalue weighted by molar-refractivity contribution is 9.10. The van der Waals surface area contributed by atoms with E-state index in [-0.39, 0.29) is 5.56 Å². The Morgan fingerprint density at radius 3 is 2.80 bits per heavy atom. The van der Waals surface area contributed by atoms with Crippen LogP contribution in [0.15, 0.2) is 15.3 Å². The van der Waals surface area contributed by atoms with Gasteiger partial charge in [0.15, 0.2) is 0 Å². The number of methoxy groups -OCH3 is 1. The highest BCUT2D eigenvalue weighted by Crippen LogP contribution is 2.12. The average molecular weight is 339 g/mol. The fourth-order valence-electron chi connectivity index (χ4n) is 1.13. The highest BCUT2D eigenvalue weighted by atomic mass is 79.9. The van der Waals surface area contributed by atoms with Gasteiger partial charge >= 0.3 is 5.97 Å². The van der Waals surface area contributed by atoms with Crippen LogP contribution in [0.2, 0.25) is 0 Å². The van der Waals surface area contributed by atoms with E-state index >= 15 is 0 Å². The van der Waals surface area contributed by atoms with Crippen LogP contribution in [-0.4, -0.2) is 23.4 Å². The Bertz CT molecular complexity index is 428. The number of alkyl halides is 1. The van der Waals surface area contributed by atoms with Crippen molar-refractivity contribution in [2.45, 2.75) is 6.42 Å². The monoisotopic (exact) mass is 337 g/mol. The molecule has 1 N–H and O–H groups in total. The predicted octanol–water partition coefficient (Wildman–Crippen LogP) is 1.86. The summed E-state index contributed by atoms with van der Waals surface area (Å²) in [6, 6.07) is 1.47. The van der Waals surface area contributed by atoms with Crippen molar-refractivity contribution >= 4 is 37.8 Å². The molecule has 0 amide bonds. The molecule has 0 spiro atoms. The third-order valence-electron chi connectivity index (χ3n) is 1.83. The van der Waals surface area contributed by atoms with Gasteiger partial charge in [-0.2, -0.15) is 0 Å². The quantitative estimate of drug-likeness (QED) is 0.676. The number of ether oxygens (including phenoxy) is 1. The molecule has 1 rings (SSSR count). The fourth-order valence-corrected chi connectivity index (χ4v) is 1.85. The first-order valence-electron chi connectivity index (χ1n) is 4.16. The molecule has 0 fully saturated rings. The maximum Gasteiger partial charge on any atom is 0.339 e. The maximum atomic E-state index is 11.4. The minimum atomic E-state index is -0.456. The van der Waals surface area contributed by atoms with Gasteiger partial charge in [-0.25, -0.2) is 4.79 Å². The number of H-pyrrole nitrogens is 1. The molecule has 0 aromatic carbocycles. The van der Waals surface area contributed by atoms with Crippen LogP contribution in [0.25, 0.3) is 0 Å². The zero-order valence-electron chi connectivity index (χ0n) is 7.97. The summed E-state index contributed by atoms with van der Waals surface area (Å²) >= 11 is 6.31. The predicted molar refractivity (Wildman–Crippen MR) is 63.6 cm³/mol. The molecule has 1 heterocycles. The lowest BCUT2D eigenvalue weighted by Crippen LogP contribution is -2.16. The molecule has 1 aromatic rings. The van der Waals surface area contributed by atoms with Crippen molar-refractivity contribution in [2.24, 2.45) is 0 Å². The molecule has 6 heteroatoms. The van der Waals surface area contributed by atoms with E-state index in [4.69, 9.17) is 0 Å². The van der Waals surface area contributed by atoms with Crippen molar-refractivity contribution in [1.82, 2.24) is 4.98 Å². The molecule has 0 aliphatic heterocycles. The van der Waals surface area contributed by atoms with Crippen molar-refractivity contribution in [3.63, 3.8) is 0 Å². The van der Waals surface area contributed by atoms with Gasteiger partial charge in [-0.1, -0.05) is 15.9 Å². The van der Waals surface area contributed by atoms with Gasteiger partial charge in [0.1, 0.15) is 0 Å². The van der Waals surface area contributed by atoms with Crippen LogP contribution in [-0.2, 0) is 11.2 Å². The van der Waals surface area contributed by atoms with Gasteiger partial charge in [0, 0.05) is 11.0 Å². The lowest BCUT2D eigenvalue weighted by Gasteiger charge is -2.06. The summed E-state index contributed by atoms with van der Waals surface area (Å²) in [5.41, 5.74) is 0.703. The van der Waals surface area contributed by atoms with Crippen molar-refractivity contribution in [3.05, 3.63) is 32.2 Å². The second-order valence-electron chi connectivity index (χ2n) is 2.77. The first-order chi connectivity index (χ1) is 7.10. The number of hydrogen-bond acceptors (Lipinski definition) is 3. The van der Waals surface area contributed by atoms with Crippen molar-refractivity contribution in [3.8, 4) is 0 Å². The summed E-state index contributed by atoms with van der Waals surface area (Å²) in [6.45, 7) is 0. The first kappa shape index (κ1) is 12.4. The third-order valence-corrected chi connectivity index (χ3v) is 2.81. The molecule has 0 atom stereocenters. The van der Waals surface area contributed by atoms with Gasteiger partial charge in [0.05, 0.1) is 17.1 Å². The molecule has 15 heavy (non-hydrogen) atoms. The molecule has 0 unspecified atom stereocenters. The van der Waals surface area contributed by atoms with Gasteiger partial charge in [0.2, 0.25) is 0 Å². The van der Waals surface area contributed by atoms with Crippen molar-refractivity contribution in [1.29, 1.82) is 0 Å². The smallest absolute Gasteiger partial charge is 0.339 e. The number of hydrogen-bond donors (Lipinski definition) is 1. The number of esters is 1. The lowest BCUT2D eigenvalue weighted by molar-refractivity contribution is 0.0599. The average Bonchev–Trinajstić information content (AvgIpc) is 2.22. The van der Waals surface area contributed by atoms with Crippen LogP contribution < -0.4 is 5.56 Å². The second kappa shape index (κ2) is 5.46. The number of pyridine rings is 1. The van der Waals surface area contributed by atoms with E-state index in [9.17, 15) is 9.59 Å². The molecular weight excluding hydrogens is 330 g/mol. The maximum absolute atomic E-state index is 11.4. The normalized spacial score (nSPS) is 10.1. The Morgan fingerprint density at radius 2 is 2.27 bits per heavy atom. The Labute approximate surface area is 103 Å². The van der Waals surface area contributed by atoms with Gasteiger partial charge < -0.3 is 9.72 Å². The first-order valence-corrected chi connectivity index (χ1v) is 6.07. The minimum absolute atomic E-state index is 0.251. The standard InChI is InChI=1S/C9H9Br2NO3/c1-15-9(14)5-4-6(11)8(13)12-7(5)2-3-10/h4H,2-3H2,1H3,(H,12,13). The van der Waals surface area contributed by atoms with E-state index in [1.165, 1.54) is 13.2 Å². The van der Waals surface area contributed by atoms with Crippen molar-refractivity contribution in [2.75, 3.05) is 12.4 Å². The zero-order valence-corrected chi connectivity index (χ0v) is 11.1. The largest absolute Gasteiger partial charge is 0.465 e.